The lowest BCUT2D eigenvalue weighted by molar-refractivity contribution is -0.0502. The number of imidazole rings is 1. The minimum Gasteiger partial charge on any atom is -0.496 e. The number of nitrogens with zero attached hydrogens (tertiary/aromatic N) is 4. The van der Waals surface area contributed by atoms with Crippen molar-refractivity contribution in [1.29, 1.82) is 0 Å². The average molecular weight is 483 g/mol. The van der Waals surface area contributed by atoms with Crippen LogP contribution in [0.4, 0.5) is 8.78 Å². The Morgan fingerprint density at radius 1 is 1.20 bits per heavy atom. The highest BCUT2D eigenvalue weighted by Crippen LogP contribution is 2.37. The lowest BCUT2D eigenvalue weighted by Gasteiger charge is -2.16. The highest BCUT2D eigenvalue weighted by atomic mass is 19.3. The zero-order valence-electron chi connectivity index (χ0n) is 19.1. The van der Waals surface area contributed by atoms with Gasteiger partial charge >= 0.3 is 6.61 Å². The maximum atomic E-state index is 13.2. The van der Waals surface area contributed by atoms with Crippen molar-refractivity contribution in [2.75, 3.05) is 7.11 Å². The van der Waals surface area contributed by atoms with E-state index in [1.54, 1.807) is 39.7 Å². The molecule has 9 nitrogen and oxygen atoms in total. The molecule has 1 saturated carbocycles. The summed E-state index contributed by atoms with van der Waals surface area (Å²) in [6.07, 6.45) is 6.91. The molecule has 0 unspecified atom stereocenters. The first-order valence-electron chi connectivity index (χ1n) is 11.0. The van der Waals surface area contributed by atoms with Gasteiger partial charge in [0.2, 0.25) is 0 Å². The van der Waals surface area contributed by atoms with Gasteiger partial charge in [-0.25, -0.2) is 4.98 Å². The van der Waals surface area contributed by atoms with Gasteiger partial charge in [0.1, 0.15) is 35.1 Å². The lowest BCUT2D eigenvalue weighted by Crippen LogP contribution is -2.26. The van der Waals surface area contributed by atoms with Crippen LogP contribution in [0.2, 0.25) is 0 Å². The summed E-state index contributed by atoms with van der Waals surface area (Å²) in [5.74, 6) is -0.0505. The van der Waals surface area contributed by atoms with Crippen molar-refractivity contribution >= 4 is 11.6 Å². The van der Waals surface area contributed by atoms with Gasteiger partial charge in [0.15, 0.2) is 0 Å². The Morgan fingerprint density at radius 2 is 2.00 bits per heavy atom. The Bertz CT molecular complexity index is 1380. The third-order valence-electron chi connectivity index (χ3n) is 5.58. The van der Waals surface area contributed by atoms with E-state index in [9.17, 15) is 13.6 Å². The van der Waals surface area contributed by atoms with Crippen molar-refractivity contribution < 1.29 is 27.8 Å². The van der Waals surface area contributed by atoms with Crippen LogP contribution in [0.5, 0.6) is 17.2 Å². The normalized spacial score (nSPS) is 13.3. The molecule has 0 bridgehead atoms. The summed E-state index contributed by atoms with van der Waals surface area (Å²) in [5.41, 5.74) is 2.41. The van der Waals surface area contributed by atoms with Crippen molar-refractivity contribution in [2.24, 2.45) is 7.05 Å². The number of alkyl halides is 2. The van der Waals surface area contributed by atoms with Crippen molar-refractivity contribution in [2.45, 2.75) is 32.1 Å². The number of halogens is 2. The SMILES string of the molecule is COc1cc(-c2cnc3cc(OCc4ccn(C)n4)ccn23)cc(OC(F)F)c1C(=O)NC1CC1. The number of pyridine rings is 1. The maximum absolute atomic E-state index is 13.2. The molecule has 1 N–H and O–H groups in total. The Balaban J connectivity index is 1.47. The van der Waals surface area contributed by atoms with Crippen molar-refractivity contribution in [3.8, 4) is 28.5 Å². The number of carbonyl (C=O) groups is 1. The van der Waals surface area contributed by atoms with Crippen molar-refractivity contribution in [3.63, 3.8) is 0 Å². The number of methoxy groups -OCH3 is 1. The molecular weight excluding hydrogens is 460 g/mol. The zero-order chi connectivity index (χ0) is 24.5. The van der Waals surface area contributed by atoms with Gasteiger partial charge in [-0.1, -0.05) is 0 Å². The van der Waals surface area contributed by atoms with Crippen LogP contribution in [0, 0.1) is 0 Å². The summed E-state index contributed by atoms with van der Waals surface area (Å²) in [4.78, 5) is 17.2. The first kappa shape index (κ1) is 22.6. The summed E-state index contributed by atoms with van der Waals surface area (Å²) in [6.45, 7) is -2.80. The number of hydrogen-bond acceptors (Lipinski definition) is 6. The molecule has 3 aromatic heterocycles. The minimum absolute atomic E-state index is 0.0409. The standard InChI is InChI=1S/C24H23F2N5O4/c1-30-7-5-16(29-30)13-34-17-6-8-31-18(12-27-21(31)11-17)14-9-19(33-2)22(20(10-14)35-24(25)26)23(32)28-15-3-4-15/h5-12,15,24H,3-4,13H2,1-2H3,(H,28,32). The van der Waals surface area contributed by atoms with Gasteiger partial charge in [0.25, 0.3) is 5.91 Å². The van der Waals surface area contributed by atoms with E-state index in [1.807, 2.05) is 19.3 Å². The molecule has 11 heteroatoms. The van der Waals surface area contributed by atoms with Crippen LogP contribution in [-0.4, -0.2) is 44.8 Å². The monoisotopic (exact) mass is 483 g/mol. The second-order valence-electron chi connectivity index (χ2n) is 8.18. The van der Waals surface area contributed by atoms with E-state index in [4.69, 9.17) is 14.2 Å². The number of rotatable bonds is 9. The van der Waals surface area contributed by atoms with E-state index in [-0.39, 0.29) is 23.1 Å². The molecule has 1 aliphatic carbocycles. The molecular formula is C24H23F2N5O4. The molecule has 1 aromatic carbocycles. The number of ether oxygens (including phenoxy) is 3. The topological polar surface area (TPSA) is 91.9 Å². The fraction of sp³-hybridized carbons (Fsp3) is 0.292. The first-order chi connectivity index (χ1) is 16.9. The summed E-state index contributed by atoms with van der Waals surface area (Å²) in [6, 6.07) is 8.44. The maximum Gasteiger partial charge on any atom is 0.387 e. The fourth-order valence-corrected chi connectivity index (χ4v) is 3.76. The van der Waals surface area contributed by atoms with Crippen molar-refractivity contribution in [1.82, 2.24) is 24.5 Å². The van der Waals surface area contributed by atoms with E-state index < -0.39 is 12.5 Å². The molecule has 1 fully saturated rings. The lowest BCUT2D eigenvalue weighted by atomic mass is 10.1. The quantitative estimate of drug-likeness (QED) is 0.389. The Kier molecular flexibility index (Phi) is 5.98. The van der Waals surface area contributed by atoms with Crippen LogP contribution in [0.3, 0.4) is 0 Å². The third-order valence-corrected chi connectivity index (χ3v) is 5.58. The van der Waals surface area contributed by atoms with Crippen LogP contribution >= 0.6 is 0 Å². The van der Waals surface area contributed by atoms with Gasteiger partial charge < -0.3 is 19.5 Å². The Hall–Kier alpha value is -4.15. The van der Waals surface area contributed by atoms with Gasteiger partial charge in [-0.05, 0) is 37.1 Å². The molecule has 0 spiro atoms. The summed E-state index contributed by atoms with van der Waals surface area (Å²) >= 11 is 0. The van der Waals surface area contributed by atoms with Crippen LogP contribution in [0.25, 0.3) is 16.9 Å². The smallest absolute Gasteiger partial charge is 0.387 e. The number of hydrogen-bond donors (Lipinski definition) is 1. The number of nitrogens with one attached hydrogen (secondary N) is 1. The van der Waals surface area contributed by atoms with Crippen LogP contribution in [0.15, 0.2) is 48.9 Å². The highest BCUT2D eigenvalue weighted by Gasteiger charge is 2.29. The van der Waals surface area contributed by atoms with E-state index >= 15 is 0 Å². The minimum atomic E-state index is -3.11. The first-order valence-corrected chi connectivity index (χ1v) is 11.0. The largest absolute Gasteiger partial charge is 0.496 e. The van der Waals surface area contributed by atoms with E-state index in [2.05, 4.69) is 15.4 Å². The number of amides is 1. The molecule has 4 aromatic rings. The van der Waals surface area contributed by atoms with E-state index in [0.717, 1.165) is 18.5 Å². The summed E-state index contributed by atoms with van der Waals surface area (Å²) in [7, 11) is 3.21. The molecule has 3 heterocycles. The molecule has 182 valence electrons. The van der Waals surface area contributed by atoms with Crippen molar-refractivity contribution in [3.05, 3.63) is 60.2 Å². The Morgan fingerprint density at radius 3 is 2.69 bits per heavy atom. The molecule has 0 aliphatic heterocycles. The molecule has 5 rings (SSSR count). The number of fused-ring (bicyclic) bond motifs is 1. The number of carbonyl (C=O) groups excluding carboxylic acids is 1. The predicted octanol–water partition coefficient (Wildman–Crippen LogP) is 3.82. The molecule has 0 atom stereocenters. The predicted molar refractivity (Wildman–Crippen MR) is 122 cm³/mol. The Labute approximate surface area is 199 Å². The van der Waals surface area contributed by atoms with E-state index in [1.165, 1.54) is 13.2 Å². The molecule has 0 saturated heterocycles. The van der Waals surface area contributed by atoms with Gasteiger partial charge in [0, 0.05) is 37.1 Å². The van der Waals surface area contributed by atoms with Crippen LogP contribution in [-0.2, 0) is 13.7 Å². The van der Waals surface area contributed by atoms with Gasteiger partial charge in [-0.15, -0.1) is 0 Å². The van der Waals surface area contributed by atoms with Gasteiger partial charge in [0.05, 0.1) is 24.7 Å². The summed E-state index contributed by atoms with van der Waals surface area (Å²) in [5, 5.41) is 7.07. The van der Waals surface area contributed by atoms with Gasteiger partial charge in [-0.2, -0.15) is 13.9 Å². The van der Waals surface area contributed by atoms with Gasteiger partial charge in [-0.3, -0.25) is 13.9 Å². The molecule has 1 amide bonds. The average Bonchev–Trinajstić information content (AvgIpc) is 3.38. The highest BCUT2D eigenvalue weighted by molar-refractivity contribution is 6.01. The molecule has 0 radical (unpaired) electrons. The second kappa shape index (κ2) is 9.24. The third kappa shape index (κ3) is 4.88. The molecule has 35 heavy (non-hydrogen) atoms. The van der Waals surface area contributed by atoms with E-state index in [0.29, 0.717) is 29.3 Å². The van der Waals surface area contributed by atoms with Crippen LogP contribution in [0.1, 0.15) is 28.9 Å². The zero-order valence-corrected chi connectivity index (χ0v) is 19.1. The second-order valence-corrected chi connectivity index (χ2v) is 8.18. The molecule has 1 aliphatic rings. The van der Waals surface area contributed by atoms with Crippen LogP contribution < -0.4 is 19.5 Å². The number of aryl methyl sites for hydroxylation is 1. The summed E-state index contributed by atoms with van der Waals surface area (Å²) < 4.78 is 45.8. The number of aromatic nitrogens is 4. The number of benzene rings is 1. The fourth-order valence-electron chi connectivity index (χ4n) is 3.76.